The maximum atomic E-state index is 13.8. The van der Waals surface area contributed by atoms with Crippen LogP contribution >= 0.6 is 0 Å². The molecule has 0 spiro atoms. The number of ether oxygens (including phenoxy) is 1. The van der Waals surface area contributed by atoms with E-state index in [9.17, 15) is 14.7 Å². The highest BCUT2D eigenvalue weighted by molar-refractivity contribution is 5.89. The van der Waals surface area contributed by atoms with E-state index in [1.54, 1.807) is 12.1 Å². The number of nitrogens with one attached hydrogen (secondary N) is 1. The molecular formula is C30H32N6O6. The molecular weight excluding hydrogens is 540 g/mol. The lowest BCUT2D eigenvalue weighted by Gasteiger charge is -2.18. The van der Waals surface area contributed by atoms with Gasteiger partial charge in [-0.1, -0.05) is 61.9 Å². The molecule has 0 aliphatic carbocycles. The summed E-state index contributed by atoms with van der Waals surface area (Å²) in [5.41, 5.74) is -1.96. The molecule has 0 fully saturated rings. The Labute approximate surface area is 249 Å². The molecule has 2 N–H and O–H groups in total. The summed E-state index contributed by atoms with van der Waals surface area (Å²) in [6.45, 7) is -4.40. The van der Waals surface area contributed by atoms with Crippen LogP contribution in [0, 0.1) is 6.92 Å². The second kappa shape index (κ2) is 12.0. The van der Waals surface area contributed by atoms with Crippen molar-refractivity contribution in [3.05, 3.63) is 93.4 Å². The SMILES string of the molecule is [2H]C([2H])([2H])C(O)(c1nc(CCCC)n(Cc2ccc(-c3ccccc3-c3nn[nH]n3)cc2)c1C(=O)OCc1oc(=O)oc1C)C([2H])([2H])[2H]. The number of imidazole rings is 1. The minimum atomic E-state index is -3.54. The number of H-pyrrole nitrogens is 1. The summed E-state index contributed by atoms with van der Waals surface area (Å²) in [6, 6.07) is 14.7. The van der Waals surface area contributed by atoms with Gasteiger partial charge in [-0.15, -0.1) is 10.2 Å². The van der Waals surface area contributed by atoms with E-state index in [1.807, 2.05) is 43.3 Å². The van der Waals surface area contributed by atoms with Crippen molar-refractivity contribution in [2.45, 2.75) is 65.6 Å². The first kappa shape index (κ1) is 21.8. The van der Waals surface area contributed by atoms with Crippen LogP contribution in [0.5, 0.6) is 0 Å². The number of hydrogen-bond acceptors (Lipinski definition) is 10. The average molecular weight is 579 g/mol. The zero-order valence-corrected chi connectivity index (χ0v) is 22.9. The van der Waals surface area contributed by atoms with Gasteiger partial charge in [-0.2, -0.15) is 5.21 Å². The van der Waals surface area contributed by atoms with E-state index in [1.165, 1.54) is 11.5 Å². The molecule has 0 aliphatic rings. The monoisotopic (exact) mass is 578 g/mol. The van der Waals surface area contributed by atoms with E-state index < -0.39 is 49.1 Å². The molecule has 3 heterocycles. The van der Waals surface area contributed by atoms with Gasteiger partial charge in [0.05, 0.1) is 0 Å². The zero-order valence-electron chi connectivity index (χ0n) is 28.9. The third-order valence-corrected chi connectivity index (χ3v) is 6.63. The highest BCUT2D eigenvalue weighted by Gasteiger charge is 2.33. The van der Waals surface area contributed by atoms with E-state index in [-0.39, 0.29) is 30.3 Å². The number of aliphatic hydroxyl groups is 1. The number of tetrazole rings is 1. The van der Waals surface area contributed by atoms with Crippen molar-refractivity contribution >= 4 is 5.97 Å². The van der Waals surface area contributed by atoms with Gasteiger partial charge in [-0.25, -0.2) is 14.6 Å². The number of esters is 1. The van der Waals surface area contributed by atoms with Gasteiger partial charge in [0.25, 0.3) is 0 Å². The van der Waals surface area contributed by atoms with Crippen molar-refractivity contribution in [1.82, 2.24) is 30.2 Å². The van der Waals surface area contributed by atoms with E-state index >= 15 is 0 Å². The summed E-state index contributed by atoms with van der Waals surface area (Å²) in [5.74, 6) is -1.69. The summed E-state index contributed by atoms with van der Waals surface area (Å²) in [6.07, 6.45) is 1.47. The normalized spacial score (nSPS) is 14.4. The van der Waals surface area contributed by atoms with Crippen LogP contribution in [0.3, 0.4) is 0 Å². The molecule has 0 bridgehead atoms. The Bertz CT molecular complexity index is 1930. The molecule has 12 heteroatoms. The zero-order chi connectivity index (χ0) is 34.9. The number of unbranched alkanes of at least 4 members (excludes halogenated alkanes) is 1. The summed E-state index contributed by atoms with van der Waals surface area (Å²) in [4.78, 5) is 29.7. The van der Waals surface area contributed by atoms with Crippen LogP contribution in [0.2, 0.25) is 0 Å². The summed E-state index contributed by atoms with van der Waals surface area (Å²) in [7, 11) is 0. The number of rotatable bonds is 11. The van der Waals surface area contributed by atoms with Gasteiger partial charge >= 0.3 is 11.8 Å². The minimum Gasteiger partial charge on any atom is -0.453 e. The standard InChI is InChI=1S/C30H32N6O6/c1-5-6-11-24-31-26(30(3,4)39)25(28(37)40-17-23-18(2)41-29(38)42-23)36(24)16-19-12-14-20(15-13-19)21-9-7-8-10-22(21)27-32-34-35-33-27/h7-10,12-15,39H,5-6,11,16-17H2,1-4H3,(H,32,33,34,35)/i3D3,4D3. The number of aromatic nitrogens is 6. The van der Waals surface area contributed by atoms with Crippen LogP contribution < -0.4 is 5.82 Å². The molecule has 3 aromatic heterocycles. The minimum absolute atomic E-state index is 0.0487. The third kappa shape index (κ3) is 6.08. The third-order valence-electron chi connectivity index (χ3n) is 6.63. The van der Waals surface area contributed by atoms with Gasteiger partial charge in [-0.05, 0) is 49.0 Å². The lowest BCUT2D eigenvalue weighted by atomic mass is 9.98. The first-order valence-electron chi connectivity index (χ1n) is 16.2. The fraction of sp³-hybridized carbons (Fsp3) is 0.333. The largest absolute Gasteiger partial charge is 0.519 e. The number of nitrogens with zero attached hydrogens (tertiary/aromatic N) is 5. The number of carbonyl (C=O) groups is 1. The van der Waals surface area contributed by atoms with Crippen LogP contribution in [0.15, 0.2) is 62.2 Å². The van der Waals surface area contributed by atoms with E-state index in [2.05, 4.69) is 25.6 Å². The Morgan fingerprint density at radius 3 is 2.55 bits per heavy atom. The van der Waals surface area contributed by atoms with Crippen molar-refractivity contribution in [2.24, 2.45) is 0 Å². The van der Waals surface area contributed by atoms with Gasteiger partial charge in [-0.3, -0.25) is 0 Å². The fourth-order valence-corrected chi connectivity index (χ4v) is 4.54. The summed E-state index contributed by atoms with van der Waals surface area (Å²) in [5, 5.41) is 25.7. The average Bonchev–Trinajstić information content (AvgIpc) is 3.77. The smallest absolute Gasteiger partial charge is 0.453 e. The summed E-state index contributed by atoms with van der Waals surface area (Å²) >= 11 is 0. The highest BCUT2D eigenvalue weighted by Crippen LogP contribution is 2.31. The first-order chi connectivity index (χ1) is 22.7. The van der Waals surface area contributed by atoms with Crippen LogP contribution in [0.25, 0.3) is 22.5 Å². The number of benzene rings is 2. The number of aryl methyl sites for hydroxylation is 2. The van der Waals surface area contributed by atoms with Crippen LogP contribution in [-0.4, -0.2) is 41.3 Å². The number of hydrogen-bond donors (Lipinski definition) is 2. The van der Waals surface area contributed by atoms with Gasteiger partial charge in [0.2, 0.25) is 5.82 Å². The maximum absolute atomic E-state index is 13.8. The van der Waals surface area contributed by atoms with Crippen molar-refractivity contribution in [2.75, 3.05) is 0 Å². The van der Waals surface area contributed by atoms with Gasteiger partial charge in [0.15, 0.2) is 23.8 Å². The molecule has 0 saturated carbocycles. The van der Waals surface area contributed by atoms with Gasteiger partial charge in [0.1, 0.15) is 17.1 Å². The highest BCUT2D eigenvalue weighted by atomic mass is 16.6. The predicted octanol–water partition coefficient (Wildman–Crippen LogP) is 4.56. The first-order valence-corrected chi connectivity index (χ1v) is 13.2. The predicted molar refractivity (Wildman–Crippen MR) is 151 cm³/mol. The lowest BCUT2D eigenvalue weighted by molar-refractivity contribution is 0.0395. The molecule has 0 saturated heterocycles. The summed E-state index contributed by atoms with van der Waals surface area (Å²) < 4.78 is 64.7. The Morgan fingerprint density at radius 2 is 1.90 bits per heavy atom. The Kier molecular flexibility index (Phi) is 6.22. The second-order valence-corrected chi connectivity index (χ2v) is 9.61. The molecule has 2 aromatic carbocycles. The Morgan fingerprint density at radius 1 is 1.14 bits per heavy atom. The molecule has 42 heavy (non-hydrogen) atoms. The Hall–Kier alpha value is -4.84. The molecule has 0 aliphatic heterocycles. The fourth-order valence-electron chi connectivity index (χ4n) is 4.54. The Balaban J connectivity index is 1.61. The topological polar surface area (TPSA) is 162 Å². The maximum Gasteiger partial charge on any atom is 0.519 e. The van der Waals surface area contributed by atoms with E-state index in [4.69, 9.17) is 21.8 Å². The lowest BCUT2D eigenvalue weighted by Crippen LogP contribution is -2.23. The van der Waals surface area contributed by atoms with Crippen LogP contribution in [-0.2, 0) is 29.9 Å². The molecule has 5 aromatic rings. The van der Waals surface area contributed by atoms with Crippen molar-refractivity contribution in [1.29, 1.82) is 0 Å². The second-order valence-electron chi connectivity index (χ2n) is 9.61. The van der Waals surface area contributed by atoms with Crippen LogP contribution in [0.1, 0.15) is 80.8 Å². The van der Waals surface area contributed by atoms with Crippen molar-refractivity contribution in [3.63, 3.8) is 0 Å². The van der Waals surface area contributed by atoms with E-state index in [0.29, 0.717) is 24.2 Å². The van der Waals surface area contributed by atoms with Crippen LogP contribution in [0.4, 0.5) is 0 Å². The van der Waals surface area contributed by atoms with Crippen molar-refractivity contribution in [3.8, 4) is 22.5 Å². The van der Waals surface area contributed by atoms with Gasteiger partial charge < -0.3 is 23.2 Å². The molecule has 0 radical (unpaired) electrons. The molecule has 0 atom stereocenters. The molecule has 218 valence electrons. The number of aromatic amines is 1. The van der Waals surface area contributed by atoms with E-state index in [0.717, 1.165) is 16.7 Å². The van der Waals surface area contributed by atoms with Crippen molar-refractivity contribution < 1.29 is 31.7 Å². The molecule has 12 nitrogen and oxygen atoms in total. The number of carbonyl (C=O) groups excluding carboxylic acids is 1. The molecule has 5 rings (SSSR count). The molecule has 0 amide bonds. The van der Waals surface area contributed by atoms with Gasteiger partial charge in [0, 0.05) is 26.8 Å². The quantitative estimate of drug-likeness (QED) is 0.212. The molecule has 0 unspecified atom stereocenters.